The third-order valence-electron chi connectivity index (χ3n) is 12.9. The molecule has 0 bridgehead atoms. The number of rotatable bonds is 8. The molecule has 1 nitrogen and oxygen atoms in total. The number of hydrogen-bond donors (Lipinski definition) is 0. The number of para-hydroxylation sites is 1. The van der Waals surface area contributed by atoms with E-state index in [4.69, 9.17) is 0 Å². The van der Waals surface area contributed by atoms with E-state index in [1.165, 1.54) is 83.2 Å². The van der Waals surface area contributed by atoms with Crippen molar-refractivity contribution in [3.05, 3.63) is 248 Å². The maximum atomic E-state index is 2.55. The largest absolute Gasteiger partial charge is 0.309 e. The normalized spacial score (nSPS) is 12.5. The van der Waals surface area contributed by atoms with E-state index in [0.29, 0.717) is 0 Å². The molecular formula is C61H45N. The van der Waals surface area contributed by atoms with Crippen molar-refractivity contribution in [2.75, 3.05) is 4.90 Å². The van der Waals surface area contributed by atoms with Crippen molar-refractivity contribution in [2.45, 2.75) is 19.3 Å². The Bertz CT molecular complexity index is 3240. The van der Waals surface area contributed by atoms with Crippen molar-refractivity contribution < 1.29 is 0 Å². The fraction of sp³-hybridized carbons (Fsp3) is 0.0492. The lowest BCUT2D eigenvalue weighted by Gasteiger charge is -2.34. The SMILES string of the molecule is CC1(C)c2ccccc2-c2cccc(N(c3ccccc3-c3ccccc3)c3ccc(-c4c(-c5ccccc5)ccc5cccc(-c6ccccc6)c45)cc3-c3ccccc3)c21. The van der Waals surface area contributed by atoms with E-state index < -0.39 is 0 Å². The summed E-state index contributed by atoms with van der Waals surface area (Å²) in [4.78, 5) is 2.55. The maximum absolute atomic E-state index is 2.55. The Morgan fingerprint density at radius 2 is 0.790 bits per heavy atom. The zero-order valence-electron chi connectivity index (χ0n) is 35.0. The average molecular weight is 792 g/mol. The number of benzene rings is 10. The Balaban J connectivity index is 1.24. The van der Waals surface area contributed by atoms with Crippen molar-refractivity contribution >= 4 is 27.8 Å². The summed E-state index contributed by atoms with van der Waals surface area (Å²) < 4.78 is 0. The van der Waals surface area contributed by atoms with E-state index in [1.807, 2.05) is 0 Å². The summed E-state index contributed by atoms with van der Waals surface area (Å²) in [7, 11) is 0. The highest BCUT2D eigenvalue weighted by Gasteiger charge is 2.39. The molecule has 0 N–H and O–H groups in total. The fourth-order valence-electron chi connectivity index (χ4n) is 10.1. The molecule has 294 valence electrons. The second kappa shape index (κ2) is 15.4. The summed E-state index contributed by atoms with van der Waals surface area (Å²) >= 11 is 0. The molecule has 0 aromatic heterocycles. The minimum absolute atomic E-state index is 0.239. The van der Waals surface area contributed by atoms with Gasteiger partial charge in [0.05, 0.1) is 17.1 Å². The van der Waals surface area contributed by atoms with Crippen LogP contribution < -0.4 is 4.90 Å². The average Bonchev–Trinajstić information content (AvgIpc) is 3.58. The van der Waals surface area contributed by atoms with Gasteiger partial charge in [-0.25, -0.2) is 0 Å². The van der Waals surface area contributed by atoms with E-state index >= 15 is 0 Å². The van der Waals surface area contributed by atoms with Gasteiger partial charge in [-0.3, -0.25) is 0 Å². The molecule has 0 radical (unpaired) electrons. The Kier molecular flexibility index (Phi) is 9.24. The zero-order valence-corrected chi connectivity index (χ0v) is 35.0. The molecule has 0 atom stereocenters. The number of nitrogens with zero attached hydrogens (tertiary/aromatic N) is 1. The van der Waals surface area contributed by atoms with Crippen molar-refractivity contribution in [1.29, 1.82) is 0 Å². The first-order valence-corrected chi connectivity index (χ1v) is 21.6. The second-order valence-electron chi connectivity index (χ2n) is 16.8. The summed E-state index contributed by atoms with van der Waals surface area (Å²) in [6, 6.07) is 86.8. The molecule has 0 unspecified atom stereocenters. The third kappa shape index (κ3) is 6.25. The maximum Gasteiger partial charge on any atom is 0.0540 e. The fourth-order valence-corrected chi connectivity index (χ4v) is 10.1. The summed E-state index contributed by atoms with van der Waals surface area (Å²) in [5.74, 6) is 0. The minimum Gasteiger partial charge on any atom is -0.309 e. The molecule has 1 aliphatic carbocycles. The van der Waals surface area contributed by atoms with Gasteiger partial charge in [-0.1, -0.05) is 226 Å². The third-order valence-corrected chi connectivity index (χ3v) is 12.9. The van der Waals surface area contributed by atoms with Crippen LogP contribution in [0.1, 0.15) is 25.0 Å². The Morgan fingerprint density at radius 3 is 1.47 bits per heavy atom. The predicted molar refractivity (Wildman–Crippen MR) is 263 cm³/mol. The summed E-state index contributed by atoms with van der Waals surface area (Å²) in [6.07, 6.45) is 0. The van der Waals surface area contributed by atoms with Gasteiger partial charge >= 0.3 is 0 Å². The highest BCUT2D eigenvalue weighted by atomic mass is 15.2. The first-order chi connectivity index (χ1) is 30.6. The summed E-state index contributed by atoms with van der Waals surface area (Å²) in [5, 5.41) is 2.46. The van der Waals surface area contributed by atoms with Crippen LogP contribution in [-0.2, 0) is 5.41 Å². The first-order valence-electron chi connectivity index (χ1n) is 21.6. The van der Waals surface area contributed by atoms with Crippen molar-refractivity contribution in [3.8, 4) is 66.8 Å². The van der Waals surface area contributed by atoms with Crippen LogP contribution in [0, 0.1) is 0 Å². The summed E-state index contributed by atoms with van der Waals surface area (Å²) in [6.45, 7) is 4.78. The highest BCUT2D eigenvalue weighted by molar-refractivity contribution is 6.12. The topological polar surface area (TPSA) is 3.24 Å². The number of anilines is 3. The lowest BCUT2D eigenvalue weighted by Crippen LogP contribution is -2.21. The number of hydrogen-bond acceptors (Lipinski definition) is 1. The Morgan fingerprint density at radius 1 is 0.306 bits per heavy atom. The molecule has 11 rings (SSSR count). The van der Waals surface area contributed by atoms with Crippen molar-refractivity contribution in [2.24, 2.45) is 0 Å². The minimum atomic E-state index is -0.239. The molecule has 0 aliphatic heterocycles. The van der Waals surface area contributed by atoms with Gasteiger partial charge in [0.15, 0.2) is 0 Å². The van der Waals surface area contributed by atoms with E-state index in [2.05, 4.69) is 255 Å². The molecule has 0 saturated heterocycles. The summed E-state index contributed by atoms with van der Waals surface area (Å²) in [5.41, 5.74) is 20.4. The van der Waals surface area contributed by atoms with Gasteiger partial charge in [-0.2, -0.15) is 0 Å². The number of fused-ring (bicyclic) bond motifs is 4. The lowest BCUT2D eigenvalue weighted by molar-refractivity contribution is 0.661. The lowest BCUT2D eigenvalue weighted by atomic mass is 9.81. The monoisotopic (exact) mass is 791 g/mol. The highest BCUT2D eigenvalue weighted by Crippen LogP contribution is 2.56. The molecule has 1 aliphatic rings. The Labute approximate surface area is 364 Å². The van der Waals surface area contributed by atoms with E-state index in [9.17, 15) is 0 Å². The van der Waals surface area contributed by atoms with Crippen molar-refractivity contribution in [3.63, 3.8) is 0 Å². The van der Waals surface area contributed by atoms with Crippen LogP contribution in [0.3, 0.4) is 0 Å². The smallest absolute Gasteiger partial charge is 0.0540 e. The van der Waals surface area contributed by atoms with Gasteiger partial charge in [-0.15, -0.1) is 0 Å². The molecule has 0 spiro atoms. The van der Waals surface area contributed by atoms with Crippen LogP contribution in [-0.4, -0.2) is 0 Å². The molecule has 0 saturated carbocycles. The quantitative estimate of drug-likeness (QED) is 0.148. The van der Waals surface area contributed by atoms with E-state index in [0.717, 1.165) is 22.5 Å². The van der Waals surface area contributed by atoms with Gasteiger partial charge < -0.3 is 4.90 Å². The van der Waals surface area contributed by atoms with Crippen molar-refractivity contribution in [1.82, 2.24) is 0 Å². The first kappa shape index (κ1) is 37.3. The molecule has 10 aromatic carbocycles. The van der Waals surface area contributed by atoms with Crippen LogP contribution in [0.2, 0.25) is 0 Å². The van der Waals surface area contributed by atoms with Gasteiger partial charge in [0.2, 0.25) is 0 Å². The van der Waals surface area contributed by atoms with Crippen LogP contribution in [0.25, 0.3) is 77.5 Å². The van der Waals surface area contributed by atoms with E-state index in [1.54, 1.807) is 0 Å². The predicted octanol–water partition coefficient (Wildman–Crippen LogP) is 17.0. The van der Waals surface area contributed by atoms with E-state index in [-0.39, 0.29) is 5.41 Å². The molecule has 0 amide bonds. The molecule has 0 heterocycles. The van der Waals surface area contributed by atoms with Crippen LogP contribution in [0.5, 0.6) is 0 Å². The van der Waals surface area contributed by atoms with Gasteiger partial charge in [-0.05, 0) is 102 Å². The zero-order chi connectivity index (χ0) is 41.6. The van der Waals surface area contributed by atoms with Crippen LogP contribution in [0.15, 0.2) is 237 Å². The van der Waals surface area contributed by atoms with Gasteiger partial charge in [0, 0.05) is 16.5 Å². The van der Waals surface area contributed by atoms with Crippen LogP contribution in [0.4, 0.5) is 17.1 Å². The molecule has 62 heavy (non-hydrogen) atoms. The molecule has 10 aromatic rings. The van der Waals surface area contributed by atoms with Gasteiger partial charge in [0.1, 0.15) is 0 Å². The Hall–Kier alpha value is -7.74. The standard InChI is InChI=1S/C61H45N/c1-61(2)54-34-17-15-31-51(54)52-33-20-36-57(60(52)61)62(55-35-18-16-30-48(55)42-21-7-3-8-22-42)56-40-38-47(41-53(56)45-27-13-6-14-28-45)59-50(44-25-11-5-12-26-44)39-37-46-29-19-32-49(58(46)59)43-23-9-4-10-24-43/h3-41H,1-2H3. The second-order valence-corrected chi connectivity index (χ2v) is 16.8. The van der Waals surface area contributed by atoms with Crippen LogP contribution >= 0.6 is 0 Å². The molecular weight excluding hydrogens is 747 g/mol. The van der Waals surface area contributed by atoms with Gasteiger partial charge in [0.25, 0.3) is 0 Å². The molecule has 0 fully saturated rings. The molecule has 1 heteroatoms.